The third-order valence-electron chi connectivity index (χ3n) is 5.63. The molecular formula is C23H38N4O5S. The van der Waals surface area contributed by atoms with E-state index in [9.17, 15) is 13.2 Å². The van der Waals surface area contributed by atoms with E-state index in [2.05, 4.69) is 11.5 Å². The van der Waals surface area contributed by atoms with Crippen LogP contribution < -0.4 is 0 Å². The third-order valence-corrected chi connectivity index (χ3v) is 7.68. The van der Waals surface area contributed by atoms with Crippen molar-refractivity contribution in [1.29, 1.82) is 0 Å². The molecule has 0 aliphatic rings. The predicted molar refractivity (Wildman–Crippen MR) is 129 cm³/mol. The molecule has 0 spiro atoms. The molecular weight excluding hydrogens is 444 g/mol. The van der Waals surface area contributed by atoms with Crippen molar-refractivity contribution in [2.75, 3.05) is 53.6 Å². The smallest absolute Gasteiger partial charge is 0.243 e. The van der Waals surface area contributed by atoms with E-state index < -0.39 is 10.0 Å². The molecule has 9 nitrogen and oxygen atoms in total. The summed E-state index contributed by atoms with van der Waals surface area (Å²) in [5, 5.41) is 0. The summed E-state index contributed by atoms with van der Waals surface area (Å²) < 4.78 is 39.7. The maximum atomic E-state index is 12.9. The minimum absolute atomic E-state index is 0.0176. The lowest BCUT2D eigenvalue weighted by atomic mass is 10.2. The number of methoxy groups -OCH3 is 2. The van der Waals surface area contributed by atoms with Crippen molar-refractivity contribution in [2.45, 2.75) is 51.5 Å². The number of hydrogen-bond donors (Lipinski definition) is 0. The average molecular weight is 483 g/mol. The summed E-state index contributed by atoms with van der Waals surface area (Å²) in [5.41, 5.74) is 1.52. The summed E-state index contributed by atoms with van der Waals surface area (Å²) >= 11 is 0. The first-order chi connectivity index (χ1) is 15.8. The highest BCUT2D eigenvalue weighted by molar-refractivity contribution is 7.89. The van der Waals surface area contributed by atoms with Crippen LogP contribution in [0, 0.1) is 0 Å². The summed E-state index contributed by atoms with van der Waals surface area (Å²) in [6, 6.07) is 5.11. The number of nitrogens with zero attached hydrogens (tertiary/aromatic N) is 4. The second kappa shape index (κ2) is 13.0. The van der Waals surface area contributed by atoms with E-state index in [0.717, 1.165) is 24.3 Å². The molecule has 0 unspecified atom stereocenters. The second-order valence-corrected chi connectivity index (χ2v) is 9.72. The maximum Gasteiger partial charge on any atom is 0.243 e. The molecule has 2 rings (SSSR count). The monoisotopic (exact) mass is 482 g/mol. The lowest BCUT2D eigenvalue weighted by Crippen LogP contribution is -2.36. The quantitative estimate of drug-likeness (QED) is 0.387. The van der Waals surface area contributed by atoms with Crippen molar-refractivity contribution >= 4 is 27.0 Å². The zero-order chi connectivity index (χ0) is 24.4. The SMILES string of the molecule is CCCn1c(CCC(=O)N(CCOC)CCOC)nc2cc(S(=O)(=O)N(CC)CC)ccc21. The Balaban J connectivity index is 2.30. The largest absolute Gasteiger partial charge is 0.383 e. The predicted octanol–water partition coefficient (Wildman–Crippen LogP) is 2.53. The second-order valence-electron chi connectivity index (χ2n) is 7.79. The summed E-state index contributed by atoms with van der Waals surface area (Å²) in [6.45, 7) is 9.26. The van der Waals surface area contributed by atoms with Gasteiger partial charge in [-0.05, 0) is 24.6 Å². The van der Waals surface area contributed by atoms with Gasteiger partial charge in [-0.1, -0.05) is 20.8 Å². The fourth-order valence-electron chi connectivity index (χ4n) is 3.84. The van der Waals surface area contributed by atoms with Crippen LogP contribution in [-0.2, 0) is 37.3 Å². The number of aromatic nitrogens is 2. The molecule has 2 aromatic rings. The minimum atomic E-state index is -3.56. The molecule has 0 aliphatic heterocycles. The molecule has 0 aliphatic carbocycles. The van der Waals surface area contributed by atoms with Gasteiger partial charge in [0.25, 0.3) is 0 Å². The number of hydrogen-bond acceptors (Lipinski definition) is 6. The van der Waals surface area contributed by atoms with Gasteiger partial charge >= 0.3 is 0 Å². The standard InChI is InChI=1S/C23H38N4O5S/c1-6-13-27-21-10-9-19(33(29,30)26(7-2)8-3)18-20(21)24-22(27)11-12-23(28)25(14-16-31-4)15-17-32-5/h9-10,18H,6-8,11-17H2,1-5H3. The van der Waals surface area contributed by atoms with Crippen LogP contribution in [0.1, 0.15) is 39.4 Å². The van der Waals surface area contributed by atoms with E-state index >= 15 is 0 Å². The van der Waals surface area contributed by atoms with Crippen LogP contribution in [0.4, 0.5) is 0 Å². The van der Waals surface area contributed by atoms with Gasteiger partial charge in [-0.3, -0.25) is 4.79 Å². The molecule has 33 heavy (non-hydrogen) atoms. The van der Waals surface area contributed by atoms with Gasteiger partial charge in [0.15, 0.2) is 0 Å². The van der Waals surface area contributed by atoms with E-state index in [1.165, 1.54) is 4.31 Å². The lowest BCUT2D eigenvalue weighted by Gasteiger charge is -2.22. The molecule has 0 N–H and O–H groups in total. The number of amides is 1. The number of carbonyl (C=O) groups excluding carboxylic acids is 1. The van der Waals surface area contributed by atoms with Crippen LogP contribution >= 0.6 is 0 Å². The van der Waals surface area contributed by atoms with Crippen molar-refractivity contribution in [2.24, 2.45) is 0 Å². The Morgan fingerprint density at radius 3 is 2.24 bits per heavy atom. The molecule has 0 fully saturated rings. The molecule has 0 bridgehead atoms. The Hall–Kier alpha value is -2.01. The highest BCUT2D eigenvalue weighted by Gasteiger charge is 2.23. The highest BCUT2D eigenvalue weighted by atomic mass is 32.2. The Bertz CT molecular complexity index is 994. The fourth-order valence-corrected chi connectivity index (χ4v) is 5.32. The fraction of sp³-hybridized carbons (Fsp3) is 0.652. The first-order valence-electron chi connectivity index (χ1n) is 11.6. The molecule has 1 aromatic carbocycles. The molecule has 1 amide bonds. The van der Waals surface area contributed by atoms with Crippen LogP contribution in [-0.4, -0.2) is 86.7 Å². The molecule has 0 radical (unpaired) electrons. The minimum Gasteiger partial charge on any atom is -0.383 e. The summed E-state index contributed by atoms with van der Waals surface area (Å²) in [4.78, 5) is 19.6. The van der Waals surface area contributed by atoms with Gasteiger partial charge < -0.3 is 18.9 Å². The number of ether oxygens (including phenoxy) is 2. The first-order valence-corrected chi connectivity index (χ1v) is 13.0. The third kappa shape index (κ3) is 6.75. The van der Waals surface area contributed by atoms with Crippen molar-refractivity contribution < 1.29 is 22.7 Å². The van der Waals surface area contributed by atoms with E-state index in [1.54, 1.807) is 31.3 Å². The van der Waals surface area contributed by atoms with Gasteiger partial charge in [0.1, 0.15) is 5.82 Å². The van der Waals surface area contributed by atoms with Gasteiger partial charge in [-0.2, -0.15) is 4.31 Å². The van der Waals surface area contributed by atoms with Crippen LogP contribution in [0.15, 0.2) is 23.1 Å². The Kier molecular flexibility index (Phi) is 10.7. The van der Waals surface area contributed by atoms with Crippen LogP contribution in [0.3, 0.4) is 0 Å². The summed E-state index contributed by atoms with van der Waals surface area (Å²) in [5.74, 6) is 0.806. The van der Waals surface area contributed by atoms with Gasteiger partial charge in [0.05, 0.1) is 29.1 Å². The molecule has 0 saturated heterocycles. The first kappa shape index (κ1) is 27.2. The highest BCUT2D eigenvalue weighted by Crippen LogP contribution is 2.24. The number of fused-ring (bicyclic) bond motifs is 1. The van der Waals surface area contributed by atoms with Crippen molar-refractivity contribution in [1.82, 2.24) is 18.8 Å². The number of benzene rings is 1. The van der Waals surface area contributed by atoms with Gasteiger partial charge in [0, 0.05) is 59.8 Å². The van der Waals surface area contributed by atoms with E-state index in [-0.39, 0.29) is 10.8 Å². The molecule has 0 atom stereocenters. The van der Waals surface area contributed by atoms with Gasteiger partial charge in [-0.25, -0.2) is 13.4 Å². The van der Waals surface area contributed by atoms with E-state index in [0.29, 0.717) is 57.8 Å². The van der Waals surface area contributed by atoms with E-state index in [1.807, 2.05) is 19.9 Å². The van der Waals surface area contributed by atoms with Crippen molar-refractivity contribution in [3.05, 3.63) is 24.0 Å². The zero-order valence-electron chi connectivity index (χ0n) is 20.5. The topological polar surface area (TPSA) is 94.0 Å². The normalized spacial score (nSPS) is 12.1. The lowest BCUT2D eigenvalue weighted by molar-refractivity contribution is -0.132. The number of carbonyl (C=O) groups is 1. The van der Waals surface area contributed by atoms with Crippen molar-refractivity contribution in [3.63, 3.8) is 0 Å². The number of sulfonamides is 1. The zero-order valence-corrected chi connectivity index (χ0v) is 21.4. The van der Waals surface area contributed by atoms with Crippen LogP contribution in [0.2, 0.25) is 0 Å². The molecule has 186 valence electrons. The number of rotatable bonds is 15. The molecule has 0 saturated carbocycles. The van der Waals surface area contributed by atoms with Crippen LogP contribution in [0.5, 0.6) is 0 Å². The molecule has 10 heteroatoms. The Morgan fingerprint density at radius 1 is 1.06 bits per heavy atom. The van der Waals surface area contributed by atoms with Gasteiger partial charge in [-0.15, -0.1) is 0 Å². The Morgan fingerprint density at radius 2 is 1.70 bits per heavy atom. The van der Waals surface area contributed by atoms with Crippen molar-refractivity contribution in [3.8, 4) is 0 Å². The Labute approximate surface area is 197 Å². The summed E-state index contributed by atoms with van der Waals surface area (Å²) in [7, 11) is -0.340. The molecule has 1 aromatic heterocycles. The van der Waals surface area contributed by atoms with E-state index in [4.69, 9.17) is 14.5 Å². The average Bonchev–Trinajstić information content (AvgIpc) is 3.15. The number of imidazole rings is 1. The van der Waals surface area contributed by atoms with Gasteiger partial charge in [0.2, 0.25) is 15.9 Å². The number of aryl methyl sites for hydroxylation is 2. The van der Waals surface area contributed by atoms with Crippen LogP contribution in [0.25, 0.3) is 11.0 Å². The maximum absolute atomic E-state index is 12.9. The summed E-state index contributed by atoms with van der Waals surface area (Å²) in [6.07, 6.45) is 1.69. The molecule has 1 heterocycles.